The van der Waals surface area contributed by atoms with Gasteiger partial charge in [-0.05, 0) is 19.1 Å². The molecule has 6 nitrogen and oxygen atoms in total. The van der Waals surface area contributed by atoms with E-state index in [1.165, 1.54) is 0 Å². The van der Waals surface area contributed by atoms with Gasteiger partial charge >= 0.3 is 5.97 Å². The van der Waals surface area contributed by atoms with Crippen LogP contribution in [-0.4, -0.2) is 32.3 Å². The van der Waals surface area contributed by atoms with Gasteiger partial charge in [-0.15, -0.1) is 0 Å². The van der Waals surface area contributed by atoms with Crippen molar-refractivity contribution in [2.75, 3.05) is 31.3 Å². The Morgan fingerprint density at radius 1 is 1.35 bits per heavy atom. The molecule has 1 heterocycles. The second kappa shape index (κ2) is 7.40. The van der Waals surface area contributed by atoms with Crippen molar-refractivity contribution in [1.82, 2.24) is 16.2 Å². The summed E-state index contributed by atoms with van der Waals surface area (Å²) in [5.41, 5.74) is 7.09. The van der Waals surface area contributed by atoms with E-state index < -0.39 is 0 Å². The number of carbonyl (C=O) groups is 1. The fraction of sp³-hybridized carbons (Fsp3) is 0.357. The summed E-state index contributed by atoms with van der Waals surface area (Å²) in [5.74, 6) is -0.367. The molecule has 0 unspecified atom stereocenters. The third-order valence-corrected chi connectivity index (χ3v) is 2.98. The van der Waals surface area contributed by atoms with Crippen molar-refractivity contribution in [3.05, 3.63) is 42.2 Å². The van der Waals surface area contributed by atoms with Crippen LogP contribution in [0.3, 0.4) is 0 Å². The number of anilines is 1. The molecule has 1 aromatic carbocycles. The summed E-state index contributed by atoms with van der Waals surface area (Å²) in [5, 5.41) is 2.91. The molecule has 1 aliphatic heterocycles. The van der Waals surface area contributed by atoms with Crippen LogP contribution >= 0.6 is 0 Å². The molecule has 0 fully saturated rings. The van der Waals surface area contributed by atoms with Crippen LogP contribution in [0.25, 0.3) is 0 Å². The molecular weight excluding hydrogens is 256 g/mol. The Hall–Kier alpha value is -2.21. The smallest absolute Gasteiger partial charge is 0.357 e. The van der Waals surface area contributed by atoms with Crippen LogP contribution in [0.1, 0.15) is 6.92 Å². The van der Waals surface area contributed by atoms with E-state index in [0.29, 0.717) is 25.5 Å². The molecule has 0 bridgehead atoms. The standard InChI is InChI=1S/C14H20N4O2/c1-2-18(12-6-4-3-5-7-12)8-9-20-14(19)13-10-15-11-16-17-13/h3-7,10,15-17H,2,8-9,11H2,1H3. The highest BCUT2D eigenvalue weighted by molar-refractivity contribution is 5.87. The minimum atomic E-state index is -0.367. The van der Waals surface area contributed by atoms with E-state index >= 15 is 0 Å². The maximum atomic E-state index is 11.8. The molecule has 0 aliphatic carbocycles. The average molecular weight is 276 g/mol. The maximum absolute atomic E-state index is 11.8. The van der Waals surface area contributed by atoms with E-state index in [1.807, 2.05) is 30.3 Å². The number of benzene rings is 1. The third kappa shape index (κ3) is 3.89. The molecule has 108 valence electrons. The van der Waals surface area contributed by atoms with Crippen molar-refractivity contribution in [2.45, 2.75) is 6.92 Å². The quantitative estimate of drug-likeness (QED) is 0.660. The molecule has 0 aromatic heterocycles. The zero-order chi connectivity index (χ0) is 14.2. The Kier molecular flexibility index (Phi) is 5.25. The van der Waals surface area contributed by atoms with Gasteiger partial charge < -0.3 is 20.4 Å². The zero-order valence-corrected chi connectivity index (χ0v) is 11.6. The van der Waals surface area contributed by atoms with Crippen molar-refractivity contribution in [2.24, 2.45) is 0 Å². The predicted octanol–water partition coefficient (Wildman–Crippen LogP) is 0.552. The fourth-order valence-electron chi connectivity index (χ4n) is 1.92. The van der Waals surface area contributed by atoms with Crippen LogP contribution in [0, 0.1) is 0 Å². The Morgan fingerprint density at radius 2 is 2.15 bits per heavy atom. The summed E-state index contributed by atoms with van der Waals surface area (Å²) in [4.78, 5) is 13.9. The van der Waals surface area contributed by atoms with Crippen LogP contribution in [0.4, 0.5) is 5.69 Å². The van der Waals surface area contributed by atoms with E-state index in [4.69, 9.17) is 4.74 Å². The molecule has 0 saturated carbocycles. The molecule has 0 amide bonds. The van der Waals surface area contributed by atoms with E-state index in [-0.39, 0.29) is 5.97 Å². The normalized spacial score (nSPS) is 13.8. The van der Waals surface area contributed by atoms with Crippen LogP contribution in [-0.2, 0) is 9.53 Å². The van der Waals surface area contributed by atoms with Crippen molar-refractivity contribution < 1.29 is 9.53 Å². The van der Waals surface area contributed by atoms with Crippen molar-refractivity contribution >= 4 is 11.7 Å². The van der Waals surface area contributed by atoms with Crippen LogP contribution < -0.4 is 21.1 Å². The lowest BCUT2D eigenvalue weighted by Crippen LogP contribution is -2.45. The third-order valence-electron chi connectivity index (χ3n) is 2.98. The Balaban J connectivity index is 1.79. The zero-order valence-electron chi connectivity index (χ0n) is 11.6. The number of hydrogen-bond donors (Lipinski definition) is 3. The lowest BCUT2D eigenvalue weighted by Gasteiger charge is -2.23. The van der Waals surface area contributed by atoms with Gasteiger partial charge in [0, 0.05) is 18.4 Å². The number of nitrogens with zero attached hydrogens (tertiary/aromatic N) is 1. The van der Waals surface area contributed by atoms with Gasteiger partial charge in [0.05, 0.1) is 13.2 Å². The highest BCUT2D eigenvalue weighted by Crippen LogP contribution is 2.12. The molecule has 0 spiro atoms. The van der Waals surface area contributed by atoms with Crippen LogP contribution in [0.5, 0.6) is 0 Å². The Bertz CT molecular complexity index is 462. The fourth-order valence-corrected chi connectivity index (χ4v) is 1.92. The Morgan fingerprint density at radius 3 is 2.80 bits per heavy atom. The molecule has 6 heteroatoms. The first kappa shape index (κ1) is 14.2. The SMILES string of the molecule is CCN(CCOC(=O)C1=CNCNN1)c1ccccc1. The summed E-state index contributed by atoms with van der Waals surface area (Å²) < 4.78 is 5.24. The molecule has 0 radical (unpaired) electrons. The van der Waals surface area contributed by atoms with E-state index in [1.54, 1.807) is 6.20 Å². The number of ether oxygens (including phenoxy) is 1. The first-order valence-electron chi connectivity index (χ1n) is 6.71. The van der Waals surface area contributed by atoms with Gasteiger partial charge in [0.25, 0.3) is 0 Å². The van der Waals surface area contributed by atoms with Crippen molar-refractivity contribution in [1.29, 1.82) is 0 Å². The topological polar surface area (TPSA) is 65.6 Å². The molecule has 1 aromatic rings. The molecular formula is C14H20N4O2. The minimum Gasteiger partial charge on any atom is -0.459 e. The first-order chi connectivity index (χ1) is 9.81. The van der Waals surface area contributed by atoms with Crippen LogP contribution in [0.2, 0.25) is 0 Å². The van der Waals surface area contributed by atoms with Gasteiger partial charge in [-0.2, -0.15) is 0 Å². The number of likely N-dealkylation sites (N-methyl/N-ethyl adjacent to an activating group) is 1. The largest absolute Gasteiger partial charge is 0.459 e. The van der Waals surface area contributed by atoms with Gasteiger partial charge in [0.15, 0.2) is 5.70 Å². The van der Waals surface area contributed by atoms with E-state index in [2.05, 4.69) is 28.0 Å². The number of hydrazine groups is 1. The molecule has 3 N–H and O–H groups in total. The molecule has 2 rings (SSSR count). The second-order valence-corrected chi connectivity index (χ2v) is 4.29. The monoisotopic (exact) mass is 276 g/mol. The number of nitrogens with one attached hydrogen (secondary N) is 3. The predicted molar refractivity (Wildman–Crippen MR) is 77.6 cm³/mol. The number of rotatable bonds is 6. The van der Waals surface area contributed by atoms with Gasteiger partial charge in [-0.3, -0.25) is 0 Å². The van der Waals surface area contributed by atoms with Crippen molar-refractivity contribution in [3.8, 4) is 0 Å². The molecule has 0 atom stereocenters. The molecule has 20 heavy (non-hydrogen) atoms. The number of esters is 1. The van der Waals surface area contributed by atoms with E-state index in [9.17, 15) is 4.79 Å². The number of hydrogen-bond acceptors (Lipinski definition) is 6. The van der Waals surface area contributed by atoms with Crippen molar-refractivity contribution in [3.63, 3.8) is 0 Å². The summed E-state index contributed by atoms with van der Waals surface area (Å²) in [6.07, 6.45) is 1.60. The van der Waals surface area contributed by atoms with Gasteiger partial charge in [-0.1, -0.05) is 18.2 Å². The van der Waals surface area contributed by atoms with Crippen LogP contribution in [0.15, 0.2) is 42.2 Å². The molecule has 0 saturated heterocycles. The number of para-hydroxylation sites is 1. The summed E-state index contributed by atoms with van der Waals surface area (Å²) in [6.45, 7) is 4.54. The average Bonchev–Trinajstić information content (AvgIpc) is 2.53. The van der Waals surface area contributed by atoms with Gasteiger partial charge in [0.2, 0.25) is 0 Å². The number of carbonyl (C=O) groups excluding carboxylic acids is 1. The highest BCUT2D eigenvalue weighted by atomic mass is 16.5. The summed E-state index contributed by atoms with van der Waals surface area (Å²) in [6, 6.07) is 10.1. The Labute approximate surface area is 118 Å². The summed E-state index contributed by atoms with van der Waals surface area (Å²) in [7, 11) is 0. The highest BCUT2D eigenvalue weighted by Gasteiger charge is 2.13. The lowest BCUT2D eigenvalue weighted by atomic mass is 10.3. The second-order valence-electron chi connectivity index (χ2n) is 4.29. The first-order valence-corrected chi connectivity index (χ1v) is 6.71. The van der Waals surface area contributed by atoms with Gasteiger partial charge in [0.1, 0.15) is 6.61 Å². The lowest BCUT2D eigenvalue weighted by molar-refractivity contribution is -0.139. The van der Waals surface area contributed by atoms with E-state index in [0.717, 1.165) is 12.2 Å². The maximum Gasteiger partial charge on any atom is 0.357 e. The minimum absolute atomic E-state index is 0.348. The molecule has 1 aliphatic rings. The van der Waals surface area contributed by atoms with Gasteiger partial charge in [-0.25, -0.2) is 10.2 Å². The summed E-state index contributed by atoms with van der Waals surface area (Å²) >= 11 is 0.